The van der Waals surface area contributed by atoms with Gasteiger partial charge in [0.2, 0.25) is 0 Å². The third-order valence-electron chi connectivity index (χ3n) is 5.13. The molecule has 2 aromatic heterocycles. The Morgan fingerprint density at radius 2 is 2.04 bits per heavy atom. The quantitative estimate of drug-likeness (QED) is 0.774. The number of sulfone groups is 1. The summed E-state index contributed by atoms with van der Waals surface area (Å²) < 4.78 is 24.7. The molecule has 0 radical (unpaired) electrons. The maximum Gasteiger partial charge on any atom is 0.272 e. The van der Waals surface area contributed by atoms with Crippen molar-refractivity contribution < 1.29 is 13.2 Å². The van der Waals surface area contributed by atoms with Crippen molar-refractivity contribution in [1.82, 2.24) is 19.8 Å². The van der Waals surface area contributed by atoms with Crippen LogP contribution >= 0.6 is 11.3 Å². The molecule has 2 aromatic rings. The van der Waals surface area contributed by atoms with Gasteiger partial charge in [0, 0.05) is 36.8 Å². The van der Waals surface area contributed by atoms with Gasteiger partial charge in [-0.15, -0.1) is 11.3 Å². The first-order chi connectivity index (χ1) is 12.4. The number of fused-ring (bicyclic) bond motifs is 1. The normalized spacial score (nSPS) is 25.2. The van der Waals surface area contributed by atoms with Gasteiger partial charge >= 0.3 is 0 Å². The zero-order chi connectivity index (χ0) is 18.3. The van der Waals surface area contributed by atoms with Crippen LogP contribution in [-0.4, -0.2) is 70.8 Å². The second-order valence-electron chi connectivity index (χ2n) is 6.76. The molecular weight excluding hydrogens is 372 g/mol. The van der Waals surface area contributed by atoms with Crippen molar-refractivity contribution in [2.24, 2.45) is 0 Å². The summed E-state index contributed by atoms with van der Waals surface area (Å²) >= 11 is 1.59. The van der Waals surface area contributed by atoms with Gasteiger partial charge in [-0.3, -0.25) is 14.7 Å². The lowest BCUT2D eigenvalue weighted by Crippen LogP contribution is -2.60. The molecule has 0 saturated carbocycles. The summed E-state index contributed by atoms with van der Waals surface area (Å²) in [6.45, 7) is 3.80. The minimum absolute atomic E-state index is 0.0222. The van der Waals surface area contributed by atoms with Gasteiger partial charge in [0.15, 0.2) is 9.84 Å². The van der Waals surface area contributed by atoms with Gasteiger partial charge in [0.1, 0.15) is 5.69 Å². The van der Waals surface area contributed by atoms with Gasteiger partial charge in [-0.05, 0) is 19.1 Å². The second-order valence-corrected chi connectivity index (χ2v) is 9.85. The van der Waals surface area contributed by atoms with Crippen molar-refractivity contribution in [2.75, 3.05) is 24.6 Å². The first kappa shape index (κ1) is 17.6. The molecule has 4 rings (SSSR count). The highest BCUT2D eigenvalue weighted by Crippen LogP contribution is 2.30. The van der Waals surface area contributed by atoms with Crippen LogP contribution in [-0.2, 0) is 16.4 Å². The molecule has 0 bridgehead atoms. The van der Waals surface area contributed by atoms with Crippen LogP contribution < -0.4 is 0 Å². The average molecular weight is 393 g/mol. The number of aromatic nitrogens is 2. The van der Waals surface area contributed by atoms with E-state index in [1.54, 1.807) is 40.6 Å². The molecule has 26 heavy (non-hydrogen) atoms. The van der Waals surface area contributed by atoms with Gasteiger partial charge in [-0.2, -0.15) is 0 Å². The Labute approximate surface area is 156 Å². The largest absolute Gasteiger partial charge is 0.330 e. The predicted molar refractivity (Wildman–Crippen MR) is 98.8 cm³/mol. The Hall–Kier alpha value is -1.84. The van der Waals surface area contributed by atoms with E-state index in [4.69, 9.17) is 0 Å². The van der Waals surface area contributed by atoms with E-state index >= 15 is 0 Å². The second kappa shape index (κ2) is 6.71. The smallest absolute Gasteiger partial charge is 0.272 e. The van der Waals surface area contributed by atoms with E-state index in [0.717, 1.165) is 10.6 Å². The molecular formula is C17H20N4O3S2. The summed E-state index contributed by atoms with van der Waals surface area (Å²) in [6, 6.07) is 4.70. The van der Waals surface area contributed by atoms with E-state index in [-0.39, 0.29) is 29.5 Å². The Kier molecular flexibility index (Phi) is 4.54. The molecule has 4 heterocycles. The molecule has 0 spiro atoms. The lowest BCUT2D eigenvalue weighted by atomic mass is 10.0. The van der Waals surface area contributed by atoms with Gasteiger partial charge in [-0.25, -0.2) is 13.4 Å². The van der Waals surface area contributed by atoms with Crippen LogP contribution in [0, 0.1) is 6.92 Å². The third kappa shape index (κ3) is 3.26. The highest BCUT2D eigenvalue weighted by Gasteiger charge is 2.48. The number of piperazine rings is 1. The molecule has 9 heteroatoms. The SMILES string of the molecule is Cc1ncsc1CN1CCN(C(=O)c2ccccn2)[C@@H]2CS(=O)(=O)C[C@@H]21. The minimum Gasteiger partial charge on any atom is -0.330 e. The molecule has 138 valence electrons. The predicted octanol–water partition coefficient (Wildman–Crippen LogP) is 0.970. The van der Waals surface area contributed by atoms with E-state index in [2.05, 4.69) is 14.9 Å². The fourth-order valence-corrected chi connectivity index (χ4v) is 6.59. The monoisotopic (exact) mass is 392 g/mol. The maximum atomic E-state index is 12.9. The molecule has 0 aromatic carbocycles. The fourth-order valence-electron chi connectivity index (χ4n) is 3.77. The number of hydrogen-bond donors (Lipinski definition) is 0. The Balaban J connectivity index is 1.60. The van der Waals surface area contributed by atoms with E-state index in [1.165, 1.54) is 0 Å². The van der Waals surface area contributed by atoms with Crippen molar-refractivity contribution in [2.45, 2.75) is 25.6 Å². The highest BCUT2D eigenvalue weighted by molar-refractivity contribution is 7.91. The molecule has 2 saturated heterocycles. The number of nitrogens with zero attached hydrogens (tertiary/aromatic N) is 4. The van der Waals surface area contributed by atoms with Crippen LogP contribution in [0.4, 0.5) is 0 Å². The lowest BCUT2D eigenvalue weighted by molar-refractivity contribution is 0.0304. The molecule has 7 nitrogen and oxygen atoms in total. The standard InChI is InChI=1S/C17H20N4O3S2/c1-12-16(25-11-19-12)8-20-6-7-21(15-10-26(23,24)9-14(15)20)17(22)13-4-2-3-5-18-13/h2-5,11,14-15H,6-10H2,1H3/t14-,15+/m0/s1. The summed E-state index contributed by atoms with van der Waals surface area (Å²) in [5, 5.41) is 0. The van der Waals surface area contributed by atoms with Crippen molar-refractivity contribution in [3.8, 4) is 0 Å². The number of thiazole rings is 1. The highest BCUT2D eigenvalue weighted by atomic mass is 32.2. The van der Waals surface area contributed by atoms with Crippen LogP contribution in [0.3, 0.4) is 0 Å². The van der Waals surface area contributed by atoms with Crippen LogP contribution in [0.2, 0.25) is 0 Å². The third-order valence-corrected chi connectivity index (χ3v) is 7.75. The van der Waals surface area contributed by atoms with E-state index in [1.807, 2.05) is 12.4 Å². The van der Waals surface area contributed by atoms with E-state index in [0.29, 0.717) is 25.3 Å². The Morgan fingerprint density at radius 3 is 2.73 bits per heavy atom. The summed E-state index contributed by atoms with van der Waals surface area (Å²) in [7, 11) is -3.17. The summed E-state index contributed by atoms with van der Waals surface area (Å²) in [5.41, 5.74) is 3.16. The minimum atomic E-state index is -3.17. The van der Waals surface area contributed by atoms with E-state index in [9.17, 15) is 13.2 Å². The van der Waals surface area contributed by atoms with Crippen molar-refractivity contribution >= 4 is 27.1 Å². The topological polar surface area (TPSA) is 83.5 Å². The van der Waals surface area contributed by atoms with Crippen molar-refractivity contribution in [1.29, 1.82) is 0 Å². The van der Waals surface area contributed by atoms with Crippen molar-refractivity contribution in [3.63, 3.8) is 0 Å². The average Bonchev–Trinajstić information content (AvgIpc) is 3.17. The van der Waals surface area contributed by atoms with E-state index < -0.39 is 9.84 Å². The molecule has 2 atom stereocenters. The summed E-state index contributed by atoms with van der Waals surface area (Å²) in [6.07, 6.45) is 1.58. The van der Waals surface area contributed by atoms with Crippen molar-refractivity contribution in [3.05, 3.63) is 46.2 Å². The Morgan fingerprint density at radius 1 is 1.23 bits per heavy atom. The molecule has 0 unspecified atom stereocenters. The number of pyridine rings is 1. The number of rotatable bonds is 3. The van der Waals surface area contributed by atoms with Crippen LogP contribution in [0.5, 0.6) is 0 Å². The molecule has 1 amide bonds. The van der Waals surface area contributed by atoms with Crippen LogP contribution in [0.1, 0.15) is 21.1 Å². The number of hydrogen-bond acceptors (Lipinski definition) is 7. The van der Waals surface area contributed by atoms with Gasteiger partial charge < -0.3 is 4.90 Å². The fraction of sp³-hybridized carbons (Fsp3) is 0.471. The molecule has 2 aliphatic rings. The molecule has 2 aliphatic heterocycles. The number of amides is 1. The lowest BCUT2D eigenvalue weighted by Gasteiger charge is -2.43. The number of aryl methyl sites for hydroxylation is 1. The zero-order valence-corrected chi connectivity index (χ0v) is 16.0. The summed E-state index contributed by atoms with van der Waals surface area (Å²) in [4.78, 5) is 26.3. The zero-order valence-electron chi connectivity index (χ0n) is 14.4. The number of carbonyl (C=O) groups is 1. The Bertz CT molecular complexity index is 913. The molecule has 2 fully saturated rings. The molecule has 0 aliphatic carbocycles. The summed E-state index contributed by atoms with van der Waals surface area (Å²) in [5.74, 6) is -0.0676. The van der Waals surface area contributed by atoms with Crippen LogP contribution in [0.15, 0.2) is 29.9 Å². The van der Waals surface area contributed by atoms with Gasteiger partial charge in [-0.1, -0.05) is 6.07 Å². The molecule has 0 N–H and O–H groups in total. The maximum absolute atomic E-state index is 12.9. The first-order valence-electron chi connectivity index (χ1n) is 8.50. The number of carbonyl (C=O) groups excluding carboxylic acids is 1. The van der Waals surface area contributed by atoms with Crippen LogP contribution in [0.25, 0.3) is 0 Å². The van der Waals surface area contributed by atoms with Gasteiger partial charge in [0.05, 0.1) is 28.8 Å². The van der Waals surface area contributed by atoms with Gasteiger partial charge in [0.25, 0.3) is 5.91 Å². The first-order valence-corrected chi connectivity index (χ1v) is 11.2.